The number of hydrogen-bond acceptors (Lipinski definition) is 4. The molecular weight excluding hydrogens is 582 g/mol. The first-order valence-electron chi connectivity index (χ1n) is 13.9. The van der Waals surface area contributed by atoms with Crippen LogP contribution in [-0.2, 0) is 12.3 Å². The summed E-state index contributed by atoms with van der Waals surface area (Å²) in [6.07, 6.45) is 1.87. The first kappa shape index (κ1) is 28.8. The van der Waals surface area contributed by atoms with Crippen molar-refractivity contribution >= 4 is 44.5 Å². The minimum atomic E-state index is -0.0584. The molecule has 0 bridgehead atoms. The number of piperidine rings is 1. The minimum absolute atomic E-state index is 0.0584. The summed E-state index contributed by atoms with van der Waals surface area (Å²) in [6, 6.07) is 16.8. The molecule has 1 aliphatic heterocycles. The Morgan fingerprint density at radius 3 is 2.30 bits per heavy atom. The number of aromatic hydroxyl groups is 1. The van der Waals surface area contributed by atoms with Crippen molar-refractivity contribution in [2.24, 2.45) is 0 Å². The number of phenolic OH excluding ortho intramolecular Hbond substituents is 1. The highest BCUT2D eigenvalue weighted by atomic mass is 79.9. The monoisotopic (exact) mass is 619 g/mol. The van der Waals surface area contributed by atoms with Crippen LogP contribution in [0.5, 0.6) is 5.75 Å². The third-order valence-electron chi connectivity index (χ3n) is 7.94. The molecule has 0 aliphatic carbocycles. The maximum absolute atomic E-state index is 14.1. The molecule has 0 radical (unpaired) electrons. The van der Waals surface area contributed by atoms with Gasteiger partial charge in [-0.15, -0.1) is 11.8 Å². The predicted molar refractivity (Wildman–Crippen MR) is 170 cm³/mol. The van der Waals surface area contributed by atoms with Crippen LogP contribution in [0.2, 0.25) is 0 Å². The number of fused-ring (bicyclic) bond motifs is 1. The van der Waals surface area contributed by atoms with Gasteiger partial charge in [0.25, 0.3) is 5.91 Å². The summed E-state index contributed by atoms with van der Waals surface area (Å²) >= 11 is 5.31. The first-order valence-corrected chi connectivity index (χ1v) is 15.7. The summed E-state index contributed by atoms with van der Waals surface area (Å²) in [5.41, 5.74) is 8.72. The lowest BCUT2D eigenvalue weighted by Gasteiger charge is -2.29. The quantitative estimate of drug-likeness (QED) is 0.210. The van der Waals surface area contributed by atoms with Gasteiger partial charge in [0.2, 0.25) is 0 Å². The number of nitrogens with zero attached hydrogens (tertiary/aromatic N) is 2. The summed E-state index contributed by atoms with van der Waals surface area (Å²) in [6.45, 7) is 11.1. The van der Waals surface area contributed by atoms with Crippen LogP contribution in [0.3, 0.4) is 0 Å². The topological polar surface area (TPSA) is 57.5 Å². The second-order valence-corrected chi connectivity index (χ2v) is 13.1. The number of likely N-dealkylation sites (tertiary alicyclic amines) is 1. The molecule has 4 aromatic rings. The molecule has 210 valence electrons. The smallest absolute Gasteiger partial charge is 0.253 e. The number of benzene rings is 3. The van der Waals surface area contributed by atoms with Gasteiger partial charge in [-0.2, -0.15) is 0 Å². The number of hydrogen-bond donors (Lipinski definition) is 2. The Hall–Kier alpha value is -2.74. The summed E-state index contributed by atoms with van der Waals surface area (Å²) in [7, 11) is 2.13. The number of aryl methyl sites for hydroxylation is 4. The number of rotatable bonds is 7. The van der Waals surface area contributed by atoms with E-state index in [9.17, 15) is 9.90 Å². The van der Waals surface area contributed by atoms with Crippen LogP contribution in [0.25, 0.3) is 10.9 Å². The van der Waals surface area contributed by atoms with Crippen LogP contribution in [0.15, 0.2) is 57.9 Å². The molecule has 0 saturated carbocycles. The van der Waals surface area contributed by atoms with Gasteiger partial charge in [-0.3, -0.25) is 4.79 Å². The maximum Gasteiger partial charge on any atom is 0.253 e. The summed E-state index contributed by atoms with van der Waals surface area (Å²) < 4.78 is 2.88. The molecule has 5 nitrogen and oxygen atoms in total. The zero-order valence-electron chi connectivity index (χ0n) is 24.0. The lowest BCUT2D eigenvalue weighted by atomic mass is 10.0. The van der Waals surface area contributed by atoms with E-state index in [1.165, 1.54) is 32.7 Å². The molecule has 1 amide bonds. The van der Waals surface area contributed by atoms with Crippen molar-refractivity contribution in [1.29, 1.82) is 0 Å². The lowest BCUT2D eigenvalue weighted by Crippen LogP contribution is -2.43. The zero-order chi connectivity index (χ0) is 28.6. The summed E-state index contributed by atoms with van der Waals surface area (Å²) in [4.78, 5) is 17.6. The molecule has 1 fully saturated rings. The second-order valence-electron chi connectivity index (χ2n) is 11.3. The number of carbonyl (C=O) groups excluding carboxylic acids is 1. The average molecular weight is 621 g/mol. The van der Waals surface area contributed by atoms with Crippen LogP contribution in [0.1, 0.15) is 56.7 Å². The summed E-state index contributed by atoms with van der Waals surface area (Å²) in [5.74, 6) is 0.717. The van der Waals surface area contributed by atoms with E-state index in [-0.39, 0.29) is 17.7 Å². The van der Waals surface area contributed by atoms with E-state index in [0.717, 1.165) is 42.5 Å². The minimum Gasteiger partial charge on any atom is -0.507 e. The molecule has 2 heterocycles. The Balaban J connectivity index is 1.62. The van der Waals surface area contributed by atoms with Crippen LogP contribution < -0.4 is 5.32 Å². The standard InChI is InChI=1S/C33H38BrN3O2S/c1-20-6-8-24(9-7-20)18-37-28-17-27(34)30(38)16-26(28)31(33(39)35-25-10-12-36(5)13-11-25)29(37)19-40-32-22(3)14-21(2)15-23(32)4/h6-9,14-17,25,38H,10-13,18-19H2,1-5H3,(H,35,39). The van der Waals surface area contributed by atoms with Crippen molar-refractivity contribution in [1.82, 2.24) is 14.8 Å². The maximum atomic E-state index is 14.1. The highest BCUT2D eigenvalue weighted by Crippen LogP contribution is 2.38. The fourth-order valence-corrected chi connectivity index (χ4v) is 7.30. The van der Waals surface area contributed by atoms with E-state index in [0.29, 0.717) is 22.3 Å². The van der Waals surface area contributed by atoms with Crippen LogP contribution >= 0.6 is 27.7 Å². The van der Waals surface area contributed by atoms with E-state index >= 15 is 0 Å². The molecule has 1 aliphatic rings. The van der Waals surface area contributed by atoms with Crippen LogP contribution in [0.4, 0.5) is 0 Å². The highest BCUT2D eigenvalue weighted by Gasteiger charge is 2.27. The fourth-order valence-electron chi connectivity index (χ4n) is 5.82. The third kappa shape index (κ3) is 6.12. The Kier molecular flexibility index (Phi) is 8.64. The van der Waals surface area contributed by atoms with Gasteiger partial charge in [0.15, 0.2) is 0 Å². The average Bonchev–Trinajstić information content (AvgIpc) is 3.18. The molecule has 3 aromatic carbocycles. The number of nitrogens with one attached hydrogen (secondary N) is 1. The van der Waals surface area contributed by atoms with Gasteiger partial charge in [-0.05, 0) is 105 Å². The normalized spacial score (nSPS) is 14.7. The number of thioether (sulfide) groups is 1. The van der Waals surface area contributed by atoms with E-state index < -0.39 is 0 Å². The Morgan fingerprint density at radius 1 is 1.00 bits per heavy atom. The van der Waals surface area contributed by atoms with Gasteiger partial charge < -0.3 is 19.9 Å². The molecule has 5 rings (SSSR count). The SMILES string of the molecule is Cc1ccc(Cn2c(CSc3c(C)cc(C)cc3C)c(C(=O)NC3CCN(C)CC3)c3cc(O)c(Br)cc32)cc1. The van der Waals surface area contributed by atoms with Gasteiger partial charge in [0.1, 0.15) is 5.75 Å². The Labute approximate surface area is 250 Å². The fraction of sp³-hybridized carbons (Fsp3) is 0.364. The third-order valence-corrected chi connectivity index (χ3v) is 9.93. The van der Waals surface area contributed by atoms with E-state index in [1.54, 1.807) is 17.8 Å². The predicted octanol–water partition coefficient (Wildman–Crippen LogP) is 7.51. The van der Waals surface area contributed by atoms with Gasteiger partial charge in [-0.1, -0.05) is 47.5 Å². The molecule has 0 atom stereocenters. The van der Waals surface area contributed by atoms with Gasteiger partial charge in [-0.25, -0.2) is 0 Å². The van der Waals surface area contributed by atoms with E-state index in [2.05, 4.69) is 102 Å². The molecule has 1 saturated heterocycles. The van der Waals surface area contributed by atoms with Gasteiger partial charge in [0, 0.05) is 34.3 Å². The van der Waals surface area contributed by atoms with E-state index in [4.69, 9.17) is 0 Å². The molecule has 7 heteroatoms. The molecule has 40 heavy (non-hydrogen) atoms. The van der Waals surface area contributed by atoms with Crippen molar-refractivity contribution in [3.8, 4) is 5.75 Å². The molecular formula is C33H38BrN3O2S. The molecule has 2 N–H and O–H groups in total. The molecule has 1 aromatic heterocycles. The highest BCUT2D eigenvalue weighted by molar-refractivity contribution is 9.10. The van der Waals surface area contributed by atoms with Gasteiger partial charge >= 0.3 is 0 Å². The number of amides is 1. The Morgan fingerprint density at radius 2 is 1.65 bits per heavy atom. The second kappa shape index (κ2) is 12.0. The summed E-state index contributed by atoms with van der Waals surface area (Å²) in [5, 5.41) is 14.8. The van der Waals surface area contributed by atoms with Gasteiger partial charge in [0.05, 0.1) is 15.6 Å². The van der Waals surface area contributed by atoms with Crippen molar-refractivity contribution in [2.75, 3.05) is 20.1 Å². The number of halogens is 1. The van der Waals surface area contributed by atoms with Crippen molar-refractivity contribution in [3.63, 3.8) is 0 Å². The number of aromatic nitrogens is 1. The van der Waals surface area contributed by atoms with E-state index in [1.807, 2.05) is 6.07 Å². The lowest BCUT2D eigenvalue weighted by molar-refractivity contribution is 0.0917. The van der Waals surface area contributed by atoms with Crippen molar-refractivity contribution in [3.05, 3.63) is 92.1 Å². The molecule has 0 unspecified atom stereocenters. The number of carbonyl (C=O) groups is 1. The largest absolute Gasteiger partial charge is 0.507 e. The van der Waals surface area contributed by atoms with Crippen molar-refractivity contribution in [2.45, 2.75) is 63.8 Å². The van der Waals surface area contributed by atoms with Crippen LogP contribution in [-0.4, -0.2) is 46.7 Å². The van der Waals surface area contributed by atoms with Crippen LogP contribution in [0, 0.1) is 27.7 Å². The number of phenols is 1. The molecule has 0 spiro atoms. The Bertz CT molecular complexity index is 1530. The van der Waals surface area contributed by atoms with Crippen molar-refractivity contribution < 1.29 is 9.90 Å². The first-order chi connectivity index (χ1) is 19.1. The zero-order valence-corrected chi connectivity index (χ0v) is 26.4.